The maximum Gasteiger partial charge on any atom is 0.221 e. The molecule has 0 radical (unpaired) electrons. The smallest absolute Gasteiger partial charge is 0.221 e. The summed E-state index contributed by atoms with van der Waals surface area (Å²) in [5, 5.41) is 9.52. The number of nitrogens with one attached hydrogen (secondary N) is 3. The average molecular weight is 494 g/mol. The van der Waals surface area contributed by atoms with E-state index < -0.39 is 0 Å². The molecule has 0 aliphatic carbocycles. The SMILES string of the molecule is CN=C(NCCc1ccc(NC(C)=O)cc1)NCC(C)c1cccc(C)c1.I. The van der Waals surface area contributed by atoms with Gasteiger partial charge in [0.1, 0.15) is 0 Å². The molecule has 2 aromatic carbocycles. The fraction of sp³-hybridized carbons (Fsp3) is 0.364. The second-order valence-corrected chi connectivity index (χ2v) is 6.82. The molecular formula is C22H31IN4O. The highest BCUT2D eigenvalue weighted by Gasteiger charge is 2.07. The van der Waals surface area contributed by atoms with Gasteiger partial charge in [-0.15, -0.1) is 24.0 Å². The summed E-state index contributed by atoms with van der Waals surface area (Å²) in [6.45, 7) is 7.46. The van der Waals surface area contributed by atoms with Gasteiger partial charge in [-0.1, -0.05) is 48.9 Å². The van der Waals surface area contributed by atoms with Gasteiger partial charge >= 0.3 is 0 Å². The quantitative estimate of drug-likeness (QED) is 0.309. The number of hydrogen-bond donors (Lipinski definition) is 3. The zero-order valence-electron chi connectivity index (χ0n) is 17.1. The summed E-state index contributed by atoms with van der Waals surface area (Å²) in [4.78, 5) is 15.3. The minimum Gasteiger partial charge on any atom is -0.356 e. The van der Waals surface area contributed by atoms with Crippen LogP contribution in [0.3, 0.4) is 0 Å². The zero-order valence-corrected chi connectivity index (χ0v) is 19.4. The maximum absolute atomic E-state index is 11.1. The Balaban J connectivity index is 0.00000392. The van der Waals surface area contributed by atoms with Crippen LogP contribution < -0.4 is 16.0 Å². The monoisotopic (exact) mass is 494 g/mol. The third-order valence-corrected chi connectivity index (χ3v) is 4.39. The summed E-state index contributed by atoms with van der Waals surface area (Å²) in [6, 6.07) is 16.5. The van der Waals surface area contributed by atoms with E-state index in [9.17, 15) is 4.79 Å². The predicted octanol–water partition coefficient (Wildman–Crippen LogP) is 4.08. The molecule has 0 aliphatic rings. The molecule has 6 heteroatoms. The number of aliphatic imine (C=N–C) groups is 1. The Morgan fingerprint density at radius 3 is 2.43 bits per heavy atom. The average Bonchev–Trinajstić information content (AvgIpc) is 2.65. The van der Waals surface area contributed by atoms with Crippen molar-refractivity contribution in [2.24, 2.45) is 4.99 Å². The van der Waals surface area contributed by atoms with E-state index in [0.29, 0.717) is 5.92 Å². The number of carbonyl (C=O) groups is 1. The first-order chi connectivity index (χ1) is 13.0. The van der Waals surface area contributed by atoms with Crippen molar-refractivity contribution in [3.8, 4) is 0 Å². The largest absolute Gasteiger partial charge is 0.356 e. The summed E-state index contributed by atoms with van der Waals surface area (Å²) in [6.07, 6.45) is 0.883. The topological polar surface area (TPSA) is 65.5 Å². The molecule has 0 fully saturated rings. The molecule has 0 spiro atoms. The normalized spacial score (nSPS) is 11.9. The molecule has 0 aliphatic heterocycles. The molecule has 1 unspecified atom stereocenters. The Morgan fingerprint density at radius 1 is 1.11 bits per heavy atom. The molecule has 3 N–H and O–H groups in total. The molecule has 2 rings (SSSR count). The van der Waals surface area contributed by atoms with Crippen LogP contribution in [0.1, 0.15) is 36.5 Å². The minimum atomic E-state index is -0.0563. The molecule has 28 heavy (non-hydrogen) atoms. The summed E-state index contributed by atoms with van der Waals surface area (Å²) in [5.74, 6) is 1.16. The third-order valence-electron chi connectivity index (χ3n) is 4.39. The van der Waals surface area contributed by atoms with Crippen LogP contribution in [0, 0.1) is 6.92 Å². The van der Waals surface area contributed by atoms with Crippen LogP contribution in [0.25, 0.3) is 0 Å². The van der Waals surface area contributed by atoms with Crippen molar-refractivity contribution in [3.05, 3.63) is 65.2 Å². The van der Waals surface area contributed by atoms with Crippen LogP contribution in [-0.2, 0) is 11.2 Å². The Hall–Kier alpha value is -2.09. The van der Waals surface area contributed by atoms with Crippen LogP contribution in [-0.4, -0.2) is 32.0 Å². The van der Waals surface area contributed by atoms with E-state index >= 15 is 0 Å². The van der Waals surface area contributed by atoms with Gasteiger partial charge in [-0.05, 0) is 42.5 Å². The van der Waals surface area contributed by atoms with E-state index in [1.807, 2.05) is 24.3 Å². The van der Waals surface area contributed by atoms with Crippen LogP contribution in [0.15, 0.2) is 53.5 Å². The minimum absolute atomic E-state index is 0. The highest BCUT2D eigenvalue weighted by atomic mass is 127. The highest BCUT2D eigenvalue weighted by molar-refractivity contribution is 14.0. The summed E-state index contributed by atoms with van der Waals surface area (Å²) < 4.78 is 0. The van der Waals surface area contributed by atoms with Crippen molar-refractivity contribution < 1.29 is 4.79 Å². The lowest BCUT2D eigenvalue weighted by Crippen LogP contribution is -2.39. The van der Waals surface area contributed by atoms with E-state index in [2.05, 4.69) is 59.1 Å². The maximum atomic E-state index is 11.1. The van der Waals surface area contributed by atoms with Crippen LogP contribution in [0.4, 0.5) is 5.69 Å². The van der Waals surface area contributed by atoms with Gasteiger partial charge in [-0.25, -0.2) is 0 Å². The Labute approximate surface area is 185 Å². The molecule has 1 atom stereocenters. The molecular weight excluding hydrogens is 463 g/mol. The third kappa shape index (κ3) is 8.29. The number of nitrogens with zero attached hydrogens (tertiary/aromatic N) is 1. The predicted molar refractivity (Wildman–Crippen MR) is 129 cm³/mol. The first-order valence-electron chi connectivity index (χ1n) is 9.35. The lowest BCUT2D eigenvalue weighted by molar-refractivity contribution is -0.114. The Kier molecular flexibility index (Phi) is 10.6. The van der Waals surface area contributed by atoms with Gasteiger partial charge in [0.15, 0.2) is 5.96 Å². The number of guanidine groups is 1. The van der Waals surface area contributed by atoms with Crippen molar-refractivity contribution in [1.29, 1.82) is 0 Å². The van der Waals surface area contributed by atoms with Gasteiger partial charge in [0.2, 0.25) is 5.91 Å². The van der Waals surface area contributed by atoms with Crippen molar-refractivity contribution in [2.45, 2.75) is 33.1 Å². The number of benzene rings is 2. The molecule has 2 aromatic rings. The summed E-state index contributed by atoms with van der Waals surface area (Å²) in [5.41, 5.74) is 4.64. The van der Waals surface area contributed by atoms with E-state index in [0.717, 1.165) is 31.2 Å². The number of carbonyl (C=O) groups excluding carboxylic acids is 1. The lowest BCUT2D eigenvalue weighted by Gasteiger charge is -2.17. The second-order valence-electron chi connectivity index (χ2n) is 6.82. The molecule has 0 saturated carbocycles. The van der Waals surface area contributed by atoms with E-state index in [1.165, 1.54) is 23.6 Å². The Morgan fingerprint density at radius 2 is 1.82 bits per heavy atom. The number of aryl methyl sites for hydroxylation is 1. The van der Waals surface area contributed by atoms with Gasteiger partial charge in [0.05, 0.1) is 0 Å². The van der Waals surface area contributed by atoms with Crippen molar-refractivity contribution in [2.75, 3.05) is 25.5 Å². The van der Waals surface area contributed by atoms with Gasteiger partial charge in [0, 0.05) is 32.7 Å². The van der Waals surface area contributed by atoms with Gasteiger partial charge in [-0.2, -0.15) is 0 Å². The Bertz CT molecular complexity index is 774. The zero-order chi connectivity index (χ0) is 19.6. The van der Waals surface area contributed by atoms with E-state index in [1.54, 1.807) is 7.05 Å². The van der Waals surface area contributed by atoms with Crippen LogP contribution in [0.2, 0.25) is 0 Å². The molecule has 0 aromatic heterocycles. The van der Waals surface area contributed by atoms with Gasteiger partial charge in [0.25, 0.3) is 0 Å². The second kappa shape index (κ2) is 12.4. The van der Waals surface area contributed by atoms with Crippen molar-refractivity contribution >= 4 is 41.5 Å². The van der Waals surface area contributed by atoms with Crippen molar-refractivity contribution in [1.82, 2.24) is 10.6 Å². The first-order valence-corrected chi connectivity index (χ1v) is 9.35. The fourth-order valence-electron chi connectivity index (χ4n) is 2.85. The molecule has 152 valence electrons. The fourth-order valence-corrected chi connectivity index (χ4v) is 2.85. The molecule has 5 nitrogen and oxygen atoms in total. The molecule has 1 amide bonds. The highest BCUT2D eigenvalue weighted by Crippen LogP contribution is 2.15. The summed E-state index contributed by atoms with van der Waals surface area (Å²) >= 11 is 0. The number of halogens is 1. The molecule has 0 heterocycles. The van der Waals surface area contributed by atoms with Crippen LogP contribution >= 0.6 is 24.0 Å². The number of amides is 1. The molecule has 0 bridgehead atoms. The van der Waals surface area contributed by atoms with Gasteiger partial charge in [-0.3, -0.25) is 9.79 Å². The molecule has 0 saturated heterocycles. The summed E-state index contributed by atoms with van der Waals surface area (Å²) in [7, 11) is 1.79. The standard InChI is InChI=1S/C22H30N4O.HI/c1-16-6-5-7-20(14-16)17(2)15-25-22(23-4)24-13-12-19-8-10-21(11-9-19)26-18(3)27;/h5-11,14,17H,12-13,15H2,1-4H3,(H,26,27)(H2,23,24,25);1H. The number of rotatable bonds is 7. The van der Waals surface area contributed by atoms with Gasteiger partial charge < -0.3 is 16.0 Å². The van der Waals surface area contributed by atoms with Crippen molar-refractivity contribution in [3.63, 3.8) is 0 Å². The van der Waals surface area contributed by atoms with Crippen LogP contribution in [0.5, 0.6) is 0 Å². The van der Waals surface area contributed by atoms with E-state index in [-0.39, 0.29) is 29.9 Å². The first kappa shape index (κ1) is 23.9. The number of anilines is 1. The van der Waals surface area contributed by atoms with E-state index in [4.69, 9.17) is 0 Å². The lowest BCUT2D eigenvalue weighted by atomic mass is 9.99. The number of hydrogen-bond acceptors (Lipinski definition) is 2.